The monoisotopic (exact) mass is 293 g/mol. The molecule has 4 heteroatoms. The lowest BCUT2D eigenvalue weighted by molar-refractivity contribution is -0.138. The van der Waals surface area contributed by atoms with E-state index >= 15 is 0 Å². The Morgan fingerprint density at radius 2 is 1.81 bits per heavy atom. The third-order valence-electron chi connectivity index (χ3n) is 5.61. The first-order chi connectivity index (χ1) is 10.2. The van der Waals surface area contributed by atoms with Crippen LogP contribution in [0.5, 0.6) is 0 Å². The van der Waals surface area contributed by atoms with Crippen molar-refractivity contribution in [2.75, 3.05) is 39.3 Å². The number of piperidine rings is 2. The molecule has 3 aliphatic rings. The highest BCUT2D eigenvalue weighted by atomic mass is 16.2. The second-order valence-electron chi connectivity index (χ2n) is 7.35. The Bertz CT molecular complexity index is 346. The van der Waals surface area contributed by atoms with Gasteiger partial charge in [0.2, 0.25) is 5.91 Å². The minimum Gasteiger partial charge on any atom is -0.342 e. The molecule has 0 saturated carbocycles. The van der Waals surface area contributed by atoms with Gasteiger partial charge in [-0.15, -0.1) is 0 Å². The molecule has 0 bridgehead atoms. The summed E-state index contributed by atoms with van der Waals surface area (Å²) in [5.74, 6) is 1.53. The summed E-state index contributed by atoms with van der Waals surface area (Å²) in [5, 5.41) is 3.44. The van der Waals surface area contributed by atoms with Crippen molar-refractivity contribution in [3.05, 3.63) is 0 Å². The number of carbonyl (C=O) groups excluding carboxylic acids is 1. The predicted molar refractivity (Wildman–Crippen MR) is 85.2 cm³/mol. The van der Waals surface area contributed by atoms with Crippen LogP contribution in [0, 0.1) is 11.8 Å². The van der Waals surface area contributed by atoms with Gasteiger partial charge in [-0.1, -0.05) is 0 Å². The van der Waals surface area contributed by atoms with Crippen LogP contribution in [0.1, 0.15) is 45.4 Å². The highest BCUT2D eigenvalue weighted by Crippen LogP contribution is 2.24. The first-order valence-electron chi connectivity index (χ1n) is 8.97. The van der Waals surface area contributed by atoms with Crippen molar-refractivity contribution < 1.29 is 4.79 Å². The van der Waals surface area contributed by atoms with E-state index in [0.29, 0.717) is 11.9 Å². The van der Waals surface area contributed by atoms with Crippen molar-refractivity contribution in [2.45, 2.75) is 51.5 Å². The summed E-state index contributed by atoms with van der Waals surface area (Å²) in [6.07, 6.45) is 7.23. The molecule has 4 nitrogen and oxygen atoms in total. The van der Waals surface area contributed by atoms with Gasteiger partial charge >= 0.3 is 0 Å². The Morgan fingerprint density at radius 1 is 1.10 bits per heavy atom. The lowest BCUT2D eigenvalue weighted by atomic mass is 9.90. The van der Waals surface area contributed by atoms with Crippen molar-refractivity contribution in [2.24, 2.45) is 11.8 Å². The Balaban J connectivity index is 1.43. The van der Waals surface area contributed by atoms with Crippen LogP contribution < -0.4 is 5.32 Å². The minimum absolute atomic E-state index is 0.274. The fourth-order valence-electron chi connectivity index (χ4n) is 4.28. The van der Waals surface area contributed by atoms with Gasteiger partial charge in [-0.3, -0.25) is 4.79 Å². The number of hydrogen-bond acceptors (Lipinski definition) is 3. The van der Waals surface area contributed by atoms with Gasteiger partial charge in [0.15, 0.2) is 0 Å². The predicted octanol–water partition coefficient (Wildman–Crippen LogP) is 1.71. The Hall–Kier alpha value is -0.610. The summed E-state index contributed by atoms with van der Waals surface area (Å²) in [6.45, 7) is 9.06. The fourth-order valence-corrected chi connectivity index (χ4v) is 4.28. The van der Waals surface area contributed by atoms with Crippen molar-refractivity contribution in [1.29, 1.82) is 0 Å². The van der Waals surface area contributed by atoms with E-state index < -0.39 is 0 Å². The van der Waals surface area contributed by atoms with Crippen molar-refractivity contribution in [1.82, 2.24) is 15.1 Å². The largest absolute Gasteiger partial charge is 0.342 e. The minimum atomic E-state index is 0.274. The van der Waals surface area contributed by atoms with E-state index in [4.69, 9.17) is 0 Å². The summed E-state index contributed by atoms with van der Waals surface area (Å²) >= 11 is 0. The molecule has 3 aliphatic heterocycles. The number of nitrogens with one attached hydrogen (secondary N) is 1. The van der Waals surface area contributed by atoms with E-state index in [1.165, 1.54) is 45.3 Å². The maximum atomic E-state index is 12.6. The maximum Gasteiger partial charge on any atom is 0.225 e. The quantitative estimate of drug-likeness (QED) is 0.860. The number of amides is 1. The number of hydrogen-bond donors (Lipinski definition) is 1. The molecule has 1 N–H and O–H groups in total. The highest BCUT2D eigenvalue weighted by Gasteiger charge is 2.31. The lowest BCUT2D eigenvalue weighted by Crippen LogP contribution is -2.47. The molecule has 21 heavy (non-hydrogen) atoms. The molecule has 0 spiro atoms. The molecule has 0 aliphatic carbocycles. The van der Waals surface area contributed by atoms with Gasteiger partial charge in [0.25, 0.3) is 0 Å². The zero-order valence-corrected chi connectivity index (χ0v) is 13.5. The van der Waals surface area contributed by atoms with Crippen LogP contribution in [0.4, 0.5) is 0 Å². The second kappa shape index (κ2) is 7.10. The molecule has 120 valence electrons. The van der Waals surface area contributed by atoms with Gasteiger partial charge in [-0.05, 0) is 71.0 Å². The molecule has 0 aromatic carbocycles. The van der Waals surface area contributed by atoms with E-state index in [2.05, 4.69) is 22.0 Å². The van der Waals surface area contributed by atoms with Crippen molar-refractivity contribution in [3.63, 3.8) is 0 Å². The van der Waals surface area contributed by atoms with Crippen molar-refractivity contribution in [3.8, 4) is 0 Å². The molecule has 0 aromatic rings. The average Bonchev–Trinajstić information content (AvgIpc) is 3.00. The summed E-state index contributed by atoms with van der Waals surface area (Å²) in [4.78, 5) is 17.4. The first kappa shape index (κ1) is 15.3. The van der Waals surface area contributed by atoms with E-state index in [0.717, 1.165) is 38.4 Å². The zero-order chi connectivity index (χ0) is 14.7. The summed E-state index contributed by atoms with van der Waals surface area (Å²) in [7, 11) is 0. The number of nitrogens with zero attached hydrogens (tertiary/aromatic N) is 2. The molecular weight excluding hydrogens is 262 g/mol. The molecule has 2 atom stereocenters. The van der Waals surface area contributed by atoms with Crippen LogP contribution in [-0.4, -0.2) is 61.0 Å². The van der Waals surface area contributed by atoms with Gasteiger partial charge < -0.3 is 15.1 Å². The summed E-state index contributed by atoms with van der Waals surface area (Å²) in [6, 6.07) is 0.500. The van der Waals surface area contributed by atoms with Crippen LogP contribution in [0.25, 0.3) is 0 Å². The molecule has 3 heterocycles. The fraction of sp³-hybridized carbons (Fsp3) is 0.941. The average molecular weight is 293 g/mol. The second-order valence-corrected chi connectivity index (χ2v) is 7.35. The highest BCUT2D eigenvalue weighted by molar-refractivity contribution is 5.79. The van der Waals surface area contributed by atoms with Gasteiger partial charge in [-0.25, -0.2) is 0 Å². The molecule has 2 unspecified atom stereocenters. The smallest absolute Gasteiger partial charge is 0.225 e. The topological polar surface area (TPSA) is 35.6 Å². The molecular formula is C17H31N3O. The van der Waals surface area contributed by atoms with Crippen molar-refractivity contribution >= 4 is 5.91 Å². The Labute approximate surface area is 129 Å². The Kier molecular flexibility index (Phi) is 5.17. The molecule has 0 radical (unpaired) electrons. The SMILES string of the molecule is CC1CC(C(=O)N2CCC(CN3CCCC3)CC2)CCN1. The standard InChI is InChI=1S/C17H31N3O/c1-14-12-16(4-7-18-14)17(21)20-10-5-15(6-11-20)13-19-8-2-3-9-19/h14-16,18H,2-13H2,1H3. The van der Waals surface area contributed by atoms with Crippen LogP contribution in [0.2, 0.25) is 0 Å². The normalized spacial score (nSPS) is 32.5. The number of likely N-dealkylation sites (tertiary alicyclic amines) is 2. The molecule has 0 aromatic heterocycles. The first-order valence-corrected chi connectivity index (χ1v) is 8.97. The lowest BCUT2D eigenvalue weighted by Gasteiger charge is -2.37. The van der Waals surface area contributed by atoms with Crippen LogP contribution in [0.15, 0.2) is 0 Å². The maximum absolute atomic E-state index is 12.6. The number of rotatable bonds is 3. The molecule has 3 fully saturated rings. The van der Waals surface area contributed by atoms with E-state index in [1.807, 2.05) is 0 Å². The van der Waals surface area contributed by atoms with Crippen LogP contribution in [0.3, 0.4) is 0 Å². The summed E-state index contributed by atoms with van der Waals surface area (Å²) in [5.41, 5.74) is 0. The molecule has 1 amide bonds. The van der Waals surface area contributed by atoms with Gasteiger partial charge in [0.1, 0.15) is 0 Å². The zero-order valence-electron chi connectivity index (χ0n) is 13.5. The van der Waals surface area contributed by atoms with Gasteiger partial charge in [0.05, 0.1) is 0 Å². The molecule has 3 rings (SSSR count). The van der Waals surface area contributed by atoms with Crippen LogP contribution in [-0.2, 0) is 4.79 Å². The third kappa shape index (κ3) is 3.98. The molecule has 3 saturated heterocycles. The van der Waals surface area contributed by atoms with Gasteiger partial charge in [0, 0.05) is 31.6 Å². The van der Waals surface area contributed by atoms with Crippen LogP contribution >= 0.6 is 0 Å². The van der Waals surface area contributed by atoms with E-state index in [9.17, 15) is 4.79 Å². The van der Waals surface area contributed by atoms with E-state index in [1.54, 1.807) is 0 Å². The number of carbonyl (C=O) groups is 1. The Morgan fingerprint density at radius 3 is 2.48 bits per heavy atom. The van der Waals surface area contributed by atoms with E-state index in [-0.39, 0.29) is 5.92 Å². The summed E-state index contributed by atoms with van der Waals surface area (Å²) < 4.78 is 0. The third-order valence-corrected chi connectivity index (χ3v) is 5.61. The van der Waals surface area contributed by atoms with Gasteiger partial charge in [-0.2, -0.15) is 0 Å².